The van der Waals surface area contributed by atoms with Gasteiger partial charge in [-0.1, -0.05) is 25.7 Å². The summed E-state index contributed by atoms with van der Waals surface area (Å²) in [4.78, 5) is 2.05. The van der Waals surface area contributed by atoms with Gasteiger partial charge in [0.2, 0.25) is 0 Å². The number of rotatable bonds is 3. The van der Waals surface area contributed by atoms with E-state index in [0.717, 1.165) is 12.8 Å². The zero-order chi connectivity index (χ0) is 13.8. The highest BCUT2D eigenvalue weighted by molar-refractivity contribution is 5.95. The van der Waals surface area contributed by atoms with E-state index in [1.54, 1.807) is 12.1 Å². The second-order valence-electron chi connectivity index (χ2n) is 5.34. The lowest BCUT2D eigenvalue weighted by atomic mass is 10.1. The first-order valence-corrected chi connectivity index (χ1v) is 6.96. The second kappa shape index (κ2) is 6.04. The Balaban J connectivity index is 2.18. The number of nitrogens with one attached hydrogen (secondary N) is 1. The Labute approximate surface area is 114 Å². The van der Waals surface area contributed by atoms with Crippen LogP contribution >= 0.6 is 0 Å². The number of amidine groups is 1. The molecule has 0 spiro atoms. The molecule has 1 aromatic rings. The average Bonchev–Trinajstić information content (AvgIpc) is 2.66. The van der Waals surface area contributed by atoms with Crippen LogP contribution in [0, 0.1) is 11.2 Å². The minimum atomic E-state index is -0.292. The van der Waals surface area contributed by atoms with Gasteiger partial charge in [0.05, 0.1) is 5.69 Å². The standard InChI is InChI=1S/C15H22FN3/c1-19(12-6-4-2-3-5-7-12)14-9-8-11(15(17)18)10-13(14)16/h8-10,12H,2-7H2,1H3,(H3,17,18). The van der Waals surface area contributed by atoms with Crippen molar-refractivity contribution >= 4 is 11.5 Å². The maximum Gasteiger partial charge on any atom is 0.147 e. The summed E-state index contributed by atoms with van der Waals surface area (Å²) in [6.07, 6.45) is 7.28. The van der Waals surface area contributed by atoms with Crippen LogP contribution < -0.4 is 10.6 Å². The molecular weight excluding hydrogens is 241 g/mol. The van der Waals surface area contributed by atoms with E-state index < -0.39 is 0 Å². The Hall–Kier alpha value is -1.58. The number of hydrogen-bond acceptors (Lipinski definition) is 2. The van der Waals surface area contributed by atoms with Gasteiger partial charge in [-0.3, -0.25) is 5.41 Å². The molecule has 0 radical (unpaired) electrons. The third kappa shape index (κ3) is 3.25. The molecule has 2 rings (SSSR count). The zero-order valence-electron chi connectivity index (χ0n) is 11.5. The van der Waals surface area contributed by atoms with Gasteiger partial charge in [0, 0.05) is 18.7 Å². The van der Waals surface area contributed by atoms with E-state index in [2.05, 4.69) is 0 Å². The summed E-state index contributed by atoms with van der Waals surface area (Å²) in [6.45, 7) is 0. The molecule has 1 aromatic carbocycles. The third-order valence-corrected chi connectivity index (χ3v) is 4.01. The zero-order valence-corrected chi connectivity index (χ0v) is 11.5. The van der Waals surface area contributed by atoms with Gasteiger partial charge in [0.15, 0.2) is 0 Å². The van der Waals surface area contributed by atoms with Gasteiger partial charge in [0.25, 0.3) is 0 Å². The molecule has 0 aromatic heterocycles. The fraction of sp³-hybridized carbons (Fsp3) is 0.533. The van der Waals surface area contributed by atoms with Crippen molar-refractivity contribution in [2.75, 3.05) is 11.9 Å². The predicted octanol–water partition coefficient (Wildman–Crippen LogP) is 3.27. The van der Waals surface area contributed by atoms with Crippen molar-refractivity contribution in [2.24, 2.45) is 5.73 Å². The van der Waals surface area contributed by atoms with E-state index in [9.17, 15) is 4.39 Å². The van der Waals surface area contributed by atoms with Crippen LogP contribution in [0.4, 0.5) is 10.1 Å². The molecular formula is C15H22FN3. The molecule has 0 heterocycles. The Bertz CT molecular complexity index is 451. The number of nitrogens with zero attached hydrogens (tertiary/aromatic N) is 1. The van der Waals surface area contributed by atoms with E-state index in [0.29, 0.717) is 17.3 Å². The van der Waals surface area contributed by atoms with E-state index in [1.165, 1.54) is 31.7 Å². The highest BCUT2D eigenvalue weighted by Crippen LogP contribution is 2.27. The van der Waals surface area contributed by atoms with Crippen LogP contribution in [0.1, 0.15) is 44.1 Å². The maximum atomic E-state index is 14.1. The van der Waals surface area contributed by atoms with Crippen molar-refractivity contribution in [3.63, 3.8) is 0 Å². The smallest absolute Gasteiger partial charge is 0.147 e. The monoisotopic (exact) mass is 263 g/mol. The largest absolute Gasteiger partial charge is 0.384 e. The van der Waals surface area contributed by atoms with Gasteiger partial charge < -0.3 is 10.6 Å². The molecule has 0 saturated heterocycles. The van der Waals surface area contributed by atoms with Gasteiger partial charge in [-0.2, -0.15) is 0 Å². The fourth-order valence-electron chi connectivity index (χ4n) is 2.80. The molecule has 1 saturated carbocycles. The van der Waals surface area contributed by atoms with Crippen molar-refractivity contribution in [2.45, 2.75) is 44.6 Å². The number of anilines is 1. The second-order valence-corrected chi connectivity index (χ2v) is 5.34. The van der Waals surface area contributed by atoms with E-state index in [-0.39, 0.29) is 11.7 Å². The van der Waals surface area contributed by atoms with Crippen LogP contribution in [-0.2, 0) is 0 Å². The topological polar surface area (TPSA) is 53.1 Å². The SMILES string of the molecule is CN(c1ccc(C(=N)N)cc1F)C1CCCCCC1. The number of nitrogens with two attached hydrogens (primary N) is 1. The van der Waals surface area contributed by atoms with Gasteiger partial charge in [-0.25, -0.2) is 4.39 Å². The van der Waals surface area contributed by atoms with Crippen molar-refractivity contribution in [1.82, 2.24) is 0 Å². The summed E-state index contributed by atoms with van der Waals surface area (Å²) in [7, 11) is 1.96. The van der Waals surface area contributed by atoms with Crippen LogP contribution in [0.3, 0.4) is 0 Å². The van der Waals surface area contributed by atoms with Crippen LogP contribution in [0.2, 0.25) is 0 Å². The number of hydrogen-bond donors (Lipinski definition) is 2. The quantitative estimate of drug-likeness (QED) is 0.499. The Kier molecular flexibility index (Phi) is 4.40. The summed E-state index contributed by atoms with van der Waals surface area (Å²) in [5.74, 6) is -0.387. The molecule has 4 heteroatoms. The van der Waals surface area contributed by atoms with E-state index in [4.69, 9.17) is 11.1 Å². The van der Waals surface area contributed by atoms with Crippen molar-refractivity contribution in [1.29, 1.82) is 5.41 Å². The molecule has 0 bridgehead atoms. The molecule has 104 valence electrons. The maximum absolute atomic E-state index is 14.1. The van der Waals surface area contributed by atoms with Crippen LogP contribution in [-0.4, -0.2) is 18.9 Å². The number of nitrogen functional groups attached to an aromatic ring is 1. The first-order valence-electron chi connectivity index (χ1n) is 6.96. The number of benzene rings is 1. The summed E-state index contributed by atoms with van der Waals surface area (Å²) in [5.41, 5.74) is 6.42. The lowest BCUT2D eigenvalue weighted by Gasteiger charge is -2.29. The molecule has 1 fully saturated rings. The molecule has 1 aliphatic carbocycles. The third-order valence-electron chi connectivity index (χ3n) is 4.01. The molecule has 3 N–H and O–H groups in total. The highest BCUT2D eigenvalue weighted by Gasteiger charge is 2.19. The van der Waals surface area contributed by atoms with Crippen LogP contribution in [0.5, 0.6) is 0 Å². The fourth-order valence-corrected chi connectivity index (χ4v) is 2.80. The summed E-state index contributed by atoms with van der Waals surface area (Å²) >= 11 is 0. The minimum absolute atomic E-state index is 0.0948. The molecule has 0 amide bonds. The summed E-state index contributed by atoms with van der Waals surface area (Å²) in [5, 5.41) is 7.33. The van der Waals surface area contributed by atoms with Gasteiger partial charge in [-0.05, 0) is 31.0 Å². The van der Waals surface area contributed by atoms with Gasteiger partial charge in [0.1, 0.15) is 11.7 Å². The summed E-state index contributed by atoms with van der Waals surface area (Å²) < 4.78 is 14.1. The lowest BCUT2D eigenvalue weighted by Crippen LogP contribution is -2.31. The lowest BCUT2D eigenvalue weighted by molar-refractivity contribution is 0.538. The summed E-state index contributed by atoms with van der Waals surface area (Å²) in [6, 6.07) is 5.22. The van der Waals surface area contributed by atoms with E-state index in [1.807, 2.05) is 11.9 Å². The van der Waals surface area contributed by atoms with Crippen molar-refractivity contribution < 1.29 is 4.39 Å². The Morgan fingerprint density at radius 3 is 2.42 bits per heavy atom. The Morgan fingerprint density at radius 2 is 1.89 bits per heavy atom. The van der Waals surface area contributed by atoms with Crippen molar-refractivity contribution in [3.05, 3.63) is 29.6 Å². The Morgan fingerprint density at radius 1 is 1.26 bits per heavy atom. The first-order chi connectivity index (χ1) is 9.09. The van der Waals surface area contributed by atoms with Gasteiger partial charge in [-0.15, -0.1) is 0 Å². The van der Waals surface area contributed by atoms with Crippen LogP contribution in [0.25, 0.3) is 0 Å². The minimum Gasteiger partial charge on any atom is -0.384 e. The highest BCUT2D eigenvalue weighted by atomic mass is 19.1. The molecule has 0 atom stereocenters. The normalized spacial score (nSPS) is 16.9. The van der Waals surface area contributed by atoms with Crippen molar-refractivity contribution in [3.8, 4) is 0 Å². The molecule has 3 nitrogen and oxygen atoms in total. The molecule has 0 aliphatic heterocycles. The predicted molar refractivity (Wildman–Crippen MR) is 77.3 cm³/mol. The molecule has 0 unspecified atom stereocenters. The number of halogens is 1. The first kappa shape index (κ1) is 13.8. The average molecular weight is 263 g/mol. The van der Waals surface area contributed by atoms with Crippen LogP contribution in [0.15, 0.2) is 18.2 Å². The van der Waals surface area contributed by atoms with Gasteiger partial charge >= 0.3 is 0 Å². The molecule has 1 aliphatic rings. The molecule has 19 heavy (non-hydrogen) atoms. The van der Waals surface area contributed by atoms with E-state index >= 15 is 0 Å².